The van der Waals surface area contributed by atoms with Crippen LogP contribution in [-0.4, -0.2) is 24.5 Å². The normalized spacial score (nSPS) is 10.9. The minimum absolute atomic E-state index is 0.152. The van der Waals surface area contributed by atoms with E-state index in [0.717, 1.165) is 5.56 Å². The molecule has 1 amide bonds. The minimum Gasteiger partial charge on any atom is -0.493 e. The molecule has 28 heavy (non-hydrogen) atoms. The molecule has 0 atom stereocenters. The minimum atomic E-state index is -0.152. The zero-order valence-electron chi connectivity index (χ0n) is 16.0. The molecule has 6 heteroatoms. The number of nitrogens with zero attached hydrogens (tertiary/aromatic N) is 1. The Morgan fingerprint density at radius 2 is 1.71 bits per heavy atom. The van der Waals surface area contributed by atoms with Gasteiger partial charge in [-0.3, -0.25) is 4.79 Å². The molecule has 3 rings (SSSR count). The molecule has 1 aromatic carbocycles. The summed E-state index contributed by atoms with van der Waals surface area (Å²) < 4.78 is 21.6. The molecule has 0 aliphatic carbocycles. The van der Waals surface area contributed by atoms with E-state index < -0.39 is 0 Å². The number of hydrogen-bond donors (Lipinski definition) is 0. The molecule has 0 spiro atoms. The first-order valence-electron chi connectivity index (χ1n) is 9.02. The van der Waals surface area contributed by atoms with Crippen molar-refractivity contribution in [1.29, 1.82) is 0 Å². The van der Waals surface area contributed by atoms with Crippen molar-refractivity contribution < 1.29 is 23.1 Å². The highest BCUT2D eigenvalue weighted by Crippen LogP contribution is 2.28. The van der Waals surface area contributed by atoms with Crippen LogP contribution < -0.4 is 9.47 Å². The highest BCUT2D eigenvalue weighted by molar-refractivity contribution is 5.91. The molecule has 146 valence electrons. The predicted molar refractivity (Wildman–Crippen MR) is 105 cm³/mol. The second-order valence-electron chi connectivity index (χ2n) is 6.03. The van der Waals surface area contributed by atoms with Crippen LogP contribution >= 0.6 is 0 Å². The Labute approximate surface area is 164 Å². The second-order valence-corrected chi connectivity index (χ2v) is 6.03. The first-order valence-corrected chi connectivity index (χ1v) is 9.02. The molecule has 0 unspecified atom stereocenters. The number of methoxy groups -OCH3 is 1. The maximum Gasteiger partial charge on any atom is 0.247 e. The van der Waals surface area contributed by atoms with E-state index in [1.165, 1.54) is 6.08 Å². The molecule has 0 saturated carbocycles. The summed E-state index contributed by atoms with van der Waals surface area (Å²) in [5.74, 6) is 2.55. The molecule has 0 saturated heterocycles. The van der Waals surface area contributed by atoms with Gasteiger partial charge in [-0.15, -0.1) is 0 Å². The summed E-state index contributed by atoms with van der Waals surface area (Å²) in [6.45, 7) is 3.17. The summed E-state index contributed by atoms with van der Waals surface area (Å²) in [5.41, 5.74) is 0.838. The van der Waals surface area contributed by atoms with Crippen LogP contribution in [0.1, 0.15) is 24.0 Å². The molecule has 2 heterocycles. The van der Waals surface area contributed by atoms with E-state index in [0.29, 0.717) is 42.7 Å². The quantitative estimate of drug-likeness (QED) is 0.510. The van der Waals surface area contributed by atoms with Crippen molar-refractivity contribution in [2.75, 3.05) is 13.7 Å². The topological polar surface area (TPSA) is 65.0 Å². The Balaban J connectivity index is 1.74. The Bertz CT molecular complexity index is 861. The lowest BCUT2D eigenvalue weighted by atomic mass is 10.2. The maximum absolute atomic E-state index is 12.8. The fraction of sp³-hybridized carbons (Fsp3) is 0.227. The van der Waals surface area contributed by atoms with Gasteiger partial charge < -0.3 is 23.2 Å². The second kappa shape index (κ2) is 9.50. The van der Waals surface area contributed by atoms with Gasteiger partial charge in [-0.25, -0.2) is 0 Å². The number of carbonyl (C=O) groups excluding carboxylic acids is 1. The highest BCUT2D eigenvalue weighted by Gasteiger charge is 2.15. The Morgan fingerprint density at radius 3 is 2.25 bits per heavy atom. The number of carbonyl (C=O) groups is 1. The smallest absolute Gasteiger partial charge is 0.247 e. The molecular formula is C22H23NO5. The van der Waals surface area contributed by atoms with Gasteiger partial charge in [0.05, 0.1) is 39.3 Å². The van der Waals surface area contributed by atoms with Crippen molar-refractivity contribution in [2.45, 2.75) is 20.0 Å². The van der Waals surface area contributed by atoms with Gasteiger partial charge in [-0.1, -0.05) is 6.07 Å². The third-order valence-corrected chi connectivity index (χ3v) is 4.07. The SMILES string of the molecule is CCOc1ccc(/C=C/C(=O)N(Cc2ccco2)Cc2ccco2)cc1OC. The van der Waals surface area contributed by atoms with Crippen molar-refractivity contribution in [3.8, 4) is 11.5 Å². The average Bonchev–Trinajstić information content (AvgIpc) is 3.41. The summed E-state index contributed by atoms with van der Waals surface area (Å²) in [5, 5.41) is 0. The summed E-state index contributed by atoms with van der Waals surface area (Å²) in [6.07, 6.45) is 6.46. The summed E-state index contributed by atoms with van der Waals surface area (Å²) in [6, 6.07) is 12.8. The fourth-order valence-electron chi connectivity index (χ4n) is 2.73. The van der Waals surface area contributed by atoms with Crippen LogP contribution in [0, 0.1) is 0 Å². The van der Waals surface area contributed by atoms with Crippen molar-refractivity contribution in [3.05, 3.63) is 78.2 Å². The van der Waals surface area contributed by atoms with Gasteiger partial charge in [0.1, 0.15) is 11.5 Å². The van der Waals surface area contributed by atoms with Crippen LogP contribution in [0.15, 0.2) is 69.9 Å². The van der Waals surface area contributed by atoms with Crippen LogP contribution in [-0.2, 0) is 17.9 Å². The van der Waals surface area contributed by atoms with Gasteiger partial charge in [0, 0.05) is 6.08 Å². The van der Waals surface area contributed by atoms with Gasteiger partial charge in [0.2, 0.25) is 5.91 Å². The number of hydrogen-bond acceptors (Lipinski definition) is 5. The Morgan fingerprint density at radius 1 is 1.04 bits per heavy atom. The average molecular weight is 381 g/mol. The molecule has 0 fully saturated rings. The molecule has 2 aromatic heterocycles. The van der Waals surface area contributed by atoms with Crippen molar-refractivity contribution in [1.82, 2.24) is 4.90 Å². The predicted octanol–water partition coefficient (Wildman–Crippen LogP) is 4.52. The first kappa shape index (κ1) is 19.4. The van der Waals surface area contributed by atoms with Crippen LogP contribution in [0.25, 0.3) is 6.08 Å². The van der Waals surface area contributed by atoms with Gasteiger partial charge in [0.25, 0.3) is 0 Å². The maximum atomic E-state index is 12.8. The van der Waals surface area contributed by atoms with Gasteiger partial charge in [-0.05, 0) is 55.0 Å². The van der Waals surface area contributed by atoms with E-state index in [-0.39, 0.29) is 5.91 Å². The van der Waals surface area contributed by atoms with E-state index in [4.69, 9.17) is 18.3 Å². The number of furan rings is 2. The Kier molecular flexibility index (Phi) is 6.57. The molecule has 0 aliphatic rings. The van der Waals surface area contributed by atoms with E-state index in [1.807, 2.05) is 37.3 Å². The van der Waals surface area contributed by atoms with E-state index in [1.54, 1.807) is 42.7 Å². The lowest BCUT2D eigenvalue weighted by Gasteiger charge is -2.18. The van der Waals surface area contributed by atoms with E-state index >= 15 is 0 Å². The van der Waals surface area contributed by atoms with Crippen molar-refractivity contribution >= 4 is 12.0 Å². The van der Waals surface area contributed by atoms with Gasteiger partial charge in [-0.2, -0.15) is 0 Å². The standard InChI is InChI=1S/C22H23NO5/c1-3-26-20-10-8-17(14-21(20)25-2)9-11-22(24)23(15-18-6-4-12-27-18)16-19-7-5-13-28-19/h4-14H,3,15-16H2,1-2H3/b11-9+. The summed E-state index contributed by atoms with van der Waals surface area (Å²) in [4.78, 5) is 14.4. The van der Waals surface area contributed by atoms with Crippen LogP contribution in [0.4, 0.5) is 0 Å². The number of benzene rings is 1. The Hall–Kier alpha value is -3.41. The third kappa shape index (κ3) is 5.07. The highest BCUT2D eigenvalue weighted by atomic mass is 16.5. The first-order chi connectivity index (χ1) is 13.7. The zero-order chi connectivity index (χ0) is 19.8. The zero-order valence-corrected chi connectivity index (χ0v) is 16.0. The lowest BCUT2D eigenvalue weighted by Crippen LogP contribution is -2.28. The molecule has 6 nitrogen and oxygen atoms in total. The van der Waals surface area contributed by atoms with Crippen molar-refractivity contribution in [2.24, 2.45) is 0 Å². The third-order valence-electron chi connectivity index (χ3n) is 4.07. The largest absolute Gasteiger partial charge is 0.493 e. The summed E-state index contributed by atoms with van der Waals surface area (Å²) >= 11 is 0. The molecule has 3 aromatic rings. The monoisotopic (exact) mass is 381 g/mol. The van der Waals surface area contributed by atoms with Crippen LogP contribution in [0.3, 0.4) is 0 Å². The number of amides is 1. The molecule has 0 bridgehead atoms. The molecule has 0 radical (unpaired) electrons. The van der Waals surface area contributed by atoms with E-state index in [2.05, 4.69) is 0 Å². The van der Waals surface area contributed by atoms with Gasteiger partial charge >= 0.3 is 0 Å². The van der Waals surface area contributed by atoms with E-state index in [9.17, 15) is 4.79 Å². The van der Waals surface area contributed by atoms with Crippen LogP contribution in [0.5, 0.6) is 11.5 Å². The van der Waals surface area contributed by atoms with Crippen molar-refractivity contribution in [3.63, 3.8) is 0 Å². The fourth-order valence-corrected chi connectivity index (χ4v) is 2.73. The lowest BCUT2D eigenvalue weighted by molar-refractivity contribution is -0.127. The molecule has 0 N–H and O–H groups in total. The molecule has 0 aliphatic heterocycles. The van der Waals surface area contributed by atoms with Gasteiger partial charge in [0.15, 0.2) is 11.5 Å². The summed E-state index contributed by atoms with van der Waals surface area (Å²) in [7, 11) is 1.59. The number of ether oxygens (including phenoxy) is 2. The molecular weight excluding hydrogens is 358 g/mol. The van der Waals surface area contributed by atoms with Crippen LogP contribution in [0.2, 0.25) is 0 Å². The number of rotatable bonds is 9.